The molecule has 1 aromatic carbocycles. The standard InChI is InChI=1S/C17H25N3O5S.ClH/c1-2-6-15(17(22)23)18-13-16(21)19-9-11-20(12-10-19)26(24,25)14-7-4-3-5-8-14;/h3-5,7-8,15,18H,2,6,9-13H2,1H3,(H,22,23);1H. The Morgan fingerprint density at radius 3 is 2.26 bits per heavy atom. The topological polar surface area (TPSA) is 107 Å². The number of halogens is 1. The summed E-state index contributed by atoms with van der Waals surface area (Å²) >= 11 is 0. The lowest BCUT2D eigenvalue weighted by atomic mass is 10.1. The largest absolute Gasteiger partial charge is 0.480 e. The molecule has 0 spiro atoms. The van der Waals surface area contributed by atoms with Gasteiger partial charge in [-0.2, -0.15) is 4.31 Å². The van der Waals surface area contributed by atoms with E-state index in [1.54, 1.807) is 35.2 Å². The van der Waals surface area contributed by atoms with Gasteiger partial charge in [0.1, 0.15) is 6.04 Å². The molecule has 0 aliphatic carbocycles. The quantitative estimate of drug-likeness (QED) is 0.645. The van der Waals surface area contributed by atoms with Crippen molar-refractivity contribution in [2.75, 3.05) is 32.7 Å². The average Bonchev–Trinajstić information content (AvgIpc) is 2.65. The van der Waals surface area contributed by atoms with Gasteiger partial charge in [0.2, 0.25) is 15.9 Å². The molecule has 1 heterocycles. The number of carboxylic acids is 1. The number of carbonyl (C=O) groups is 2. The number of nitrogens with one attached hydrogen (secondary N) is 1. The van der Waals surface area contributed by atoms with Gasteiger partial charge in [0.05, 0.1) is 11.4 Å². The molecule has 1 saturated heterocycles. The van der Waals surface area contributed by atoms with Crippen molar-refractivity contribution in [2.24, 2.45) is 0 Å². The highest BCUT2D eigenvalue weighted by molar-refractivity contribution is 7.89. The lowest BCUT2D eigenvalue weighted by Crippen LogP contribution is -2.53. The first kappa shape index (κ1) is 23.4. The molecule has 0 saturated carbocycles. The first-order valence-corrected chi connectivity index (χ1v) is 10.1. The van der Waals surface area contributed by atoms with Crippen molar-refractivity contribution in [3.63, 3.8) is 0 Å². The monoisotopic (exact) mass is 419 g/mol. The summed E-state index contributed by atoms with van der Waals surface area (Å²) in [6, 6.07) is 7.46. The van der Waals surface area contributed by atoms with Gasteiger partial charge >= 0.3 is 5.97 Å². The molecule has 27 heavy (non-hydrogen) atoms. The molecule has 0 aromatic heterocycles. The van der Waals surface area contributed by atoms with Crippen molar-refractivity contribution in [3.05, 3.63) is 30.3 Å². The minimum Gasteiger partial charge on any atom is -0.480 e. The van der Waals surface area contributed by atoms with E-state index in [9.17, 15) is 18.0 Å². The van der Waals surface area contributed by atoms with Crippen LogP contribution < -0.4 is 5.32 Å². The van der Waals surface area contributed by atoms with Crippen LogP contribution in [0.25, 0.3) is 0 Å². The zero-order valence-corrected chi connectivity index (χ0v) is 16.8. The van der Waals surface area contributed by atoms with Crippen molar-refractivity contribution in [3.8, 4) is 0 Å². The number of amides is 1. The van der Waals surface area contributed by atoms with Crippen LogP contribution in [0.15, 0.2) is 35.2 Å². The number of hydrogen-bond donors (Lipinski definition) is 2. The summed E-state index contributed by atoms with van der Waals surface area (Å²) < 4.78 is 26.5. The Morgan fingerprint density at radius 2 is 1.74 bits per heavy atom. The molecule has 152 valence electrons. The summed E-state index contributed by atoms with van der Waals surface area (Å²) in [5, 5.41) is 11.9. The molecule has 1 atom stereocenters. The van der Waals surface area contributed by atoms with Crippen LogP contribution in [0.3, 0.4) is 0 Å². The van der Waals surface area contributed by atoms with Crippen LogP contribution in [-0.4, -0.2) is 73.4 Å². The van der Waals surface area contributed by atoms with E-state index in [4.69, 9.17) is 5.11 Å². The summed E-state index contributed by atoms with van der Waals surface area (Å²) in [4.78, 5) is 25.2. The Balaban J connectivity index is 0.00000364. The molecule has 8 nitrogen and oxygen atoms in total. The zero-order chi connectivity index (χ0) is 19.2. The number of benzene rings is 1. The third-order valence-corrected chi connectivity index (χ3v) is 6.26. The Kier molecular flexibility index (Phi) is 9.17. The molecule has 0 radical (unpaired) electrons. The predicted octanol–water partition coefficient (Wildman–Crippen LogP) is 0.784. The van der Waals surface area contributed by atoms with Gasteiger partial charge < -0.3 is 10.0 Å². The normalized spacial score (nSPS) is 16.4. The fraction of sp³-hybridized carbons (Fsp3) is 0.529. The van der Waals surface area contributed by atoms with E-state index in [1.165, 1.54) is 4.31 Å². The maximum absolute atomic E-state index is 12.6. The molecule has 1 unspecified atom stereocenters. The molecule has 0 bridgehead atoms. The maximum atomic E-state index is 12.6. The average molecular weight is 420 g/mol. The number of sulfonamides is 1. The first-order chi connectivity index (χ1) is 12.4. The van der Waals surface area contributed by atoms with Gasteiger partial charge in [0.25, 0.3) is 0 Å². The molecule has 1 aromatic rings. The van der Waals surface area contributed by atoms with Crippen LogP contribution in [0, 0.1) is 0 Å². The van der Waals surface area contributed by atoms with E-state index in [1.807, 2.05) is 6.92 Å². The number of rotatable bonds is 8. The van der Waals surface area contributed by atoms with Crippen LogP contribution in [-0.2, 0) is 19.6 Å². The predicted molar refractivity (Wildman–Crippen MR) is 103 cm³/mol. The van der Waals surface area contributed by atoms with Crippen molar-refractivity contribution in [2.45, 2.75) is 30.7 Å². The SMILES string of the molecule is CCCC(NCC(=O)N1CCN(S(=O)(=O)c2ccccc2)CC1)C(=O)O.Cl. The lowest BCUT2D eigenvalue weighted by Gasteiger charge is -2.34. The van der Waals surface area contributed by atoms with Crippen LogP contribution in [0.5, 0.6) is 0 Å². The first-order valence-electron chi connectivity index (χ1n) is 8.65. The van der Waals surface area contributed by atoms with E-state index >= 15 is 0 Å². The van der Waals surface area contributed by atoms with Crippen molar-refractivity contribution in [1.29, 1.82) is 0 Å². The van der Waals surface area contributed by atoms with Gasteiger partial charge in [0, 0.05) is 26.2 Å². The van der Waals surface area contributed by atoms with Gasteiger partial charge in [0.15, 0.2) is 0 Å². The van der Waals surface area contributed by atoms with E-state index in [0.29, 0.717) is 12.8 Å². The highest BCUT2D eigenvalue weighted by atomic mass is 35.5. The van der Waals surface area contributed by atoms with Gasteiger partial charge in [-0.05, 0) is 18.6 Å². The lowest BCUT2D eigenvalue weighted by molar-refractivity contribution is -0.140. The Bertz CT molecular complexity index is 721. The van der Waals surface area contributed by atoms with E-state index in [2.05, 4.69) is 5.32 Å². The minimum atomic E-state index is -3.55. The smallest absolute Gasteiger partial charge is 0.320 e. The van der Waals surface area contributed by atoms with E-state index in [0.717, 1.165) is 0 Å². The maximum Gasteiger partial charge on any atom is 0.320 e. The number of carbonyl (C=O) groups excluding carboxylic acids is 1. The molecule has 1 aliphatic heterocycles. The summed E-state index contributed by atoms with van der Waals surface area (Å²) in [6.07, 6.45) is 1.15. The molecule has 1 aliphatic rings. The molecular weight excluding hydrogens is 394 g/mol. The van der Waals surface area contributed by atoms with Crippen LogP contribution in [0.2, 0.25) is 0 Å². The molecule has 10 heteroatoms. The molecular formula is C17H26ClN3O5S. The number of hydrogen-bond acceptors (Lipinski definition) is 5. The number of nitrogens with zero attached hydrogens (tertiary/aromatic N) is 2. The second kappa shape index (κ2) is 10.6. The van der Waals surface area contributed by atoms with Crippen molar-refractivity contribution in [1.82, 2.24) is 14.5 Å². The molecule has 1 amide bonds. The summed E-state index contributed by atoms with van der Waals surface area (Å²) in [5.41, 5.74) is 0. The number of aliphatic carboxylic acids is 1. The third-order valence-electron chi connectivity index (χ3n) is 4.35. The Labute approximate surface area is 166 Å². The van der Waals surface area contributed by atoms with Gasteiger partial charge in [-0.25, -0.2) is 8.42 Å². The summed E-state index contributed by atoms with van der Waals surface area (Å²) in [5.74, 6) is -1.19. The van der Waals surface area contributed by atoms with Crippen molar-refractivity contribution >= 4 is 34.3 Å². The van der Waals surface area contributed by atoms with Crippen LogP contribution in [0.1, 0.15) is 19.8 Å². The Hall–Kier alpha value is -1.68. The highest BCUT2D eigenvalue weighted by Crippen LogP contribution is 2.17. The highest BCUT2D eigenvalue weighted by Gasteiger charge is 2.30. The molecule has 2 rings (SSSR count). The van der Waals surface area contributed by atoms with Crippen LogP contribution >= 0.6 is 12.4 Å². The van der Waals surface area contributed by atoms with Gasteiger partial charge in [-0.3, -0.25) is 14.9 Å². The minimum absolute atomic E-state index is 0. The number of carboxylic acid groups (broad SMARTS) is 1. The molecule has 2 N–H and O–H groups in total. The summed E-state index contributed by atoms with van der Waals surface area (Å²) in [7, 11) is -3.55. The van der Waals surface area contributed by atoms with E-state index < -0.39 is 22.0 Å². The van der Waals surface area contributed by atoms with E-state index in [-0.39, 0.29) is 55.9 Å². The van der Waals surface area contributed by atoms with Gasteiger partial charge in [-0.1, -0.05) is 31.5 Å². The molecule has 1 fully saturated rings. The second-order valence-corrected chi connectivity index (χ2v) is 8.10. The Morgan fingerprint density at radius 1 is 1.15 bits per heavy atom. The van der Waals surface area contributed by atoms with Crippen LogP contribution in [0.4, 0.5) is 0 Å². The summed E-state index contributed by atoms with van der Waals surface area (Å²) in [6.45, 7) is 2.84. The fourth-order valence-corrected chi connectivity index (χ4v) is 4.29. The number of piperazine rings is 1. The zero-order valence-electron chi connectivity index (χ0n) is 15.2. The fourth-order valence-electron chi connectivity index (χ4n) is 2.84. The van der Waals surface area contributed by atoms with Gasteiger partial charge in [-0.15, -0.1) is 12.4 Å². The third kappa shape index (κ3) is 6.17. The van der Waals surface area contributed by atoms with Crippen molar-refractivity contribution < 1.29 is 23.1 Å². The second-order valence-electron chi connectivity index (χ2n) is 6.16.